The van der Waals surface area contributed by atoms with E-state index >= 15 is 0 Å². The normalized spacial score (nSPS) is 22.3. The molecule has 0 aliphatic carbocycles. The van der Waals surface area contributed by atoms with Gasteiger partial charge in [0, 0.05) is 32.2 Å². The second-order valence-corrected chi connectivity index (χ2v) is 8.20. The van der Waals surface area contributed by atoms with Gasteiger partial charge >= 0.3 is 0 Å². The van der Waals surface area contributed by atoms with Crippen molar-refractivity contribution in [2.24, 2.45) is 4.99 Å². The summed E-state index contributed by atoms with van der Waals surface area (Å²) < 4.78 is 7.19. The van der Waals surface area contributed by atoms with Crippen molar-refractivity contribution < 1.29 is 4.74 Å². The van der Waals surface area contributed by atoms with E-state index in [1.54, 1.807) is 7.11 Å². The van der Waals surface area contributed by atoms with Crippen molar-refractivity contribution in [3.63, 3.8) is 0 Å². The number of aliphatic imine (C=N–C) groups is 1. The lowest BCUT2D eigenvalue weighted by atomic mass is 10.0. The quantitative estimate of drug-likeness (QED) is 0.289. The SMILES string of the molecule is CCCCN1CCCCC1CN=C(NCC)NC1CCc2nc(COC)nn2C1.I. The minimum Gasteiger partial charge on any atom is -0.377 e. The maximum absolute atomic E-state index is 5.16. The van der Waals surface area contributed by atoms with Crippen LogP contribution in [0.1, 0.15) is 64.0 Å². The second-order valence-electron chi connectivity index (χ2n) is 8.20. The van der Waals surface area contributed by atoms with Crippen molar-refractivity contribution in [1.29, 1.82) is 0 Å². The highest BCUT2D eigenvalue weighted by Crippen LogP contribution is 2.18. The zero-order valence-corrected chi connectivity index (χ0v) is 21.2. The van der Waals surface area contributed by atoms with Gasteiger partial charge in [-0.25, -0.2) is 9.67 Å². The summed E-state index contributed by atoms with van der Waals surface area (Å²) >= 11 is 0. The average Bonchev–Trinajstić information content (AvgIpc) is 3.13. The number of likely N-dealkylation sites (tertiary alicyclic amines) is 1. The van der Waals surface area contributed by atoms with E-state index in [9.17, 15) is 0 Å². The molecule has 2 N–H and O–H groups in total. The molecule has 0 saturated carbocycles. The first kappa shape index (κ1) is 25.3. The maximum atomic E-state index is 5.16. The predicted molar refractivity (Wildman–Crippen MR) is 131 cm³/mol. The molecule has 3 heterocycles. The van der Waals surface area contributed by atoms with Crippen LogP contribution in [-0.2, 0) is 24.3 Å². The molecule has 2 atom stereocenters. The molecule has 1 saturated heterocycles. The van der Waals surface area contributed by atoms with Crippen LogP contribution in [0.3, 0.4) is 0 Å². The molecule has 0 spiro atoms. The molecule has 2 aliphatic heterocycles. The van der Waals surface area contributed by atoms with Crippen LogP contribution < -0.4 is 10.6 Å². The molecular formula is C21H40IN7O. The number of unbranched alkanes of at least 4 members (excludes halogenated alkanes) is 1. The molecule has 8 nitrogen and oxygen atoms in total. The summed E-state index contributed by atoms with van der Waals surface area (Å²) in [6.45, 7) is 9.87. The molecule has 0 bridgehead atoms. The van der Waals surface area contributed by atoms with Crippen LogP contribution in [0.5, 0.6) is 0 Å². The van der Waals surface area contributed by atoms with Crippen molar-refractivity contribution in [2.45, 2.75) is 84.0 Å². The van der Waals surface area contributed by atoms with Crippen molar-refractivity contribution in [3.05, 3.63) is 11.6 Å². The molecule has 3 rings (SSSR count). The summed E-state index contributed by atoms with van der Waals surface area (Å²) in [7, 11) is 1.68. The number of aromatic nitrogens is 3. The third-order valence-electron chi connectivity index (χ3n) is 5.87. The zero-order valence-electron chi connectivity index (χ0n) is 18.9. The van der Waals surface area contributed by atoms with Gasteiger partial charge in [-0.15, -0.1) is 24.0 Å². The summed E-state index contributed by atoms with van der Waals surface area (Å²) in [6, 6.07) is 0.899. The molecule has 0 aromatic carbocycles. The van der Waals surface area contributed by atoms with Gasteiger partial charge in [0.2, 0.25) is 0 Å². The Morgan fingerprint density at radius 2 is 2.13 bits per heavy atom. The van der Waals surface area contributed by atoms with Crippen LogP contribution in [0.15, 0.2) is 4.99 Å². The number of nitrogens with one attached hydrogen (secondary N) is 2. The van der Waals surface area contributed by atoms with E-state index in [0.29, 0.717) is 18.7 Å². The smallest absolute Gasteiger partial charge is 0.191 e. The van der Waals surface area contributed by atoms with Crippen LogP contribution in [-0.4, -0.2) is 71.0 Å². The third kappa shape index (κ3) is 7.33. The predicted octanol–water partition coefficient (Wildman–Crippen LogP) is 2.57. The van der Waals surface area contributed by atoms with Crippen molar-refractivity contribution in [2.75, 3.05) is 33.3 Å². The summed E-state index contributed by atoms with van der Waals surface area (Å²) in [6.07, 6.45) is 8.44. The van der Waals surface area contributed by atoms with E-state index in [-0.39, 0.29) is 24.0 Å². The first-order valence-corrected chi connectivity index (χ1v) is 11.4. The van der Waals surface area contributed by atoms with Gasteiger partial charge in [0.1, 0.15) is 12.4 Å². The molecule has 0 amide bonds. The van der Waals surface area contributed by atoms with Gasteiger partial charge in [-0.2, -0.15) is 5.10 Å². The largest absolute Gasteiger partial charge is 0.377 e. The monoisotopic (exact) mass is 533 g/mol. The van der Waals surface area contributed by atoms with Crippen LogP contribution >= 0.6 is 24.0 Å². The van der Waals surface area contributed by atoms with Crippen LogP contribution in [0.25, 0.3) is 0 Å². The Labute approximate surface area is 198 Å². The molecule has 1 aromatic heterocycles. The average molecular weight is 534 g/mol. The molecule has 2 unspecified atom stereocenters. The number of fused-ring (bicyclic) bond motifs is 1. The van der Waals surface area contributed by atoms with Gasteiger partial charge in [0.25, 0.3) is 0 Å². The van der Waals surface area contributed by atoms with Gasteiger partial charge in [0.05, 0.1) is 13.1 Å². The Kier molecular flexibility index (Phi) is 11.4. The summed E-state index contributed by atoms with van der Waals surface area (Å²) in [5, 5.41) is 11.6. The number of piperidine rings is 1. The van der Waals surface area contributed by atoms with Gasteiger partial charge in [-0.05, 0) is 45.7 Å². The van der Waals surface area contributed by atoms with E-state index in [2.05, 4.69) is 39.5 Å². The Hall–Kier alpha value is -0.940. The fourth-order valence-corrected chi connectivity index (χ4v) is 4.30. The number of ether oxygens (including phenoxy) is 1. The van der Waals surface area contributed by atoms with E-state index in [1.165, 1.54) is 45.2 Å². The van der Waals surface area contributed by atoms with Crippen molar-refractivity contribution >= 4 is 29.9 Å². The minimum atomic E-state index is 0. The van der Waals surface area contributed by atoms with E-state index in [1.807, 2.05) is 4.68 Å². The number of halogens is 1. The second kappa shape index (κ2) is 13.5. The third-order valence-corrected chi connectivity index (χ3v) is 5.87. The fraction of sp³-hybridized carbons (Fsp3) is 0.857. The highest BCUT2D eigenvalue weighted by Gasteiger charge is 2.24. The van der Waals surface area contributed by atoms with E-state index in [0.717, 1.165) is 50.1 Å². The molecule has 1 fully saturated rings. The topological polar surface area (TPSA) is 79.6 Å². The Bertz CT molecular complexity index is 651. The van der Waals surface area contributed by atoms with E-state index in [4.69, 9.17) is 9.73 Å². The fourth-order valence-electron chi connectivity index (χ4n) is 4.30. The zero-order chi connectivity index (χ0) is 20.5. The van der Waals surface area contributed by atoms with Gasteiger partial charge < -0.3 is 15.4 Å². The number of methoxy groups -OCH3 is 1. The van der Waals surface area contributed by atoms with Crippen LogP contribution in [0, 0.1) is 0 Å². The number of rotatable bonds is 9. The van der Waals surface area contributed by atoms with Crippen molar-refractivity contribution in [3.8, 4) is 0 Å². The number of hydrogen-bond donors (Lipinski definition) is 2. The van der Waals surface area contributed by atoms with Gasteiger partial charge in [-0.3, -0.25) is 9.89 Å². The number of hydrogen-bond acceptors (Lipinski definition) is 5. The molecule has 2 aliphatic rings. The standard InChI is InChI=1S/C21H39N7O.HI/c1-4-6-12-27-13-8-7-9-18(27)14-23-21(22-5-2)24-17-10-11-20-25-19(16-29-3)26-28(20)15-17;/h17-18H,4-16H2,1-3H3,(H2,22,23,24);1H. The first-order chi connectivity index (χ1) is 14.2. The highest BCUT2D eigenvalue weighted by molar-refractivity contribution is 14.0. The number of aryl methyl sites for hydroxylation is 1. The van der Waals surface area contributed by atoms with Crippen LogP contribution in [0.2, 0.25) is 0 Å². The lowest BCUT2D eigenvalue weighted by Crippen LogP contribution is -2.48. The molecular weight excluding hydrogens is 493 g/mol. The number of nitrogens with zero attached hydrogens (tertiary/aromatic N) is 5. The van der Waals surface area contributed by atoms with Gasteiger partial charge in [0.15, 0.2) is 11.8 Å². The van der Waals surface area contributed by atoms with Crippen LogP contribution in [0.4, 0.5) is 0 Å². The Morgan fingerprint density at radius 1 is 1.27 bits per heavy atom. The Balaban J connectivity index is 0.00000320. The first-order valence-electron chi connectivity index (χ1n) is 11.4. The number of guanidine groups is 1. The summed E-state index contributed by atoms with van der Waals surface area (Å²) in [5.41, 5.74) is 0. The molecule has 0 radical (unpaired) electrons. The molecule has 1 aromatic rings. The van der Waals surface area contributed by atoms with Gasteiger partial charge in [-0.1, -0.05) is 19.8 Å². The molecule has 30 heavy (non-hydrogen) atoms. The minimum absolute atomic E-state index is 0. The molecule has 9 heteroatoms. The molecule has 172 valence electrons. The Morgan fingerprint density at radius 3 is 2.90 bits per heavy atom. The maximum Gasteiger partial charge on any atom is 0.191 e. The van der Waals surface area contributed by atoms with E-state index < -0.39 is 0 Å². The lowest BCUT2D eigenvalue weighted by molar-refractivity contribution is 0.151. The van der Waals surface area contributed by atoms with Crippen molar-refractivity contribution in [1.82, 2.24) is 30.3 Å². The highest BCUT2D eigenvalue weighted by atomic mass is 127. The summed E-state index contributed by atoms with van der Waals surface area (Å²) in [4.78, 5) is 12.2. The summed E-state index contributed by atoms with van der Waals surface area (Å²) in [5.74, 6) is 2.76. The lowest BCUT2D eigenvalue weighted by Gasteiger charge is -2.35.